The quantitative estimate of drug-likeness (QED) is 0.877. The van der Waals surface area contributed by atoms with Gasteiger partial charge in [-0.25, -0.2) is 9.78 Å². The van der Waals surface area contributed by atoms with Gasteiger partial charge in [-0.05, 0) is 55.2 Å². The zero-order chi connectivity index (χ0) is 16.0. The van der Waals surface area contributed by atoms with Gasteiger partial charge in [-0.1, -0.05) is 6.42 Å². The highest BCUT2D eigenvalue weighted by atomic mass is 16.4. The molecule has 2 heterocycles. The first kappa shape index (κ1) is 14.5. The van der Waals surface area contributed by atoms with Crippen molar-refractivity contribution in [3.8, 4) is 0 Å². The van der Waals surface area contributed by atoms with E-state index in [4.69, 9.17) is 0 Å². The molecular weight excluding hydrogens is 294 g/mol. The Morgan fingerprint density at radius 1 is 1.30 bits per heavy atom. The number of urea groups is 1. The normalized spacial score (nSPS) is 28.5. The highest BCUT2D eigenvalue weighted by Crippen LogP contribution is 2.48. The minimum absolute atomic E-state index is 0.0822. The van der Waals surface area contributed by atoms with Crippen LogP contribution in [-0.2, 0) is 17.6 Å². The van der Waals surface area contributed by atoms with Crippen LogP contribution < -0.4 is 5.32 Å². The second kappa shape index (κ2) is 5.22. The van der Waals surface area contributed by atoms with Crippen molar-refractivity contribution in [2.75, 3.05) is 18.4 Å². The lowest BCUT2D eigenvalue weighted by molar-refractivity contribution is -0.149. The molecule has 1 aromatic rings. The highest BCUT2D eigenvalue weighted by Gasteiger charge is 2.55. The summed E-state index contributed by atoms with van der Waals surface area (Å²) in [4.78, 5) is 30.1. The summed E-state index contributed by atoms with van der Waals surface area (Å²) in [7, 11) is 0. The van der Waals surface area contributed by atoms with Crippen LogP contribution in [0.15, 0.2) is 12.3 Å². The number of nitrogens with zero attached hydrogens (tertiary/aromatic N) is 2. The van der Waals surface area contributed by atoms with Gasteiger partial charge in [0, 0.05) is 19.3 Å². The number of aliphatic carboxylic acids is 1. The van der Waals surface area contributed by atoms with Gasteiger partial charge in [-0.2, -0.15) is 0 Å². The van der Waals surface area contributed by atoms with Gasteiger partial charge in [0.1, 0.15) is 5.82 Å². The van der Waals surface area contributed by atoms with E-state index in [0.717, 1.165) is 32.1 Å². The minimum Gasteiger partial charge on any atom is -0.481 e. The van der Waals surface area contributed by atoms with Crippen LogP contribution in [0.2, 0.25) is 0 Å². The fourth-order valence-corrected chi connectivity index (χ4v) is 4.50. The van der Waals surface area contributed by atoms with Crippen LogP contribution in [0.25, 0.3) is 0 Å². The van der Waals surface area contributed by atoms with Crippen LogP contribution in [-0.4, -0.2) is 40.1 Å². The van der Waals surface area contributed by atoms with E-state index in [0.29, 0.717) is 25.3 Å². The van der Waals surface area contributed by atoms with E-state index < -0.39 is 11.4 Å². The number of carboxylic acid groups (broad SMARTS) is 1. The number of hydrogen-bond donors (Lipinski definition) is 2. The van der Waals surface area contributed by atoms with Crippen molar-refractivity contribution < 1.29 is 14.7 Å². The van der Waals surface area contributed by atoms with Crippen LogP contribution >= 0.6 is 0 Å². The van der Waals surface area contributed by atoms with E-state index >= 15 is 0 Å². The molecule has 6 heteroatoms. The predicted molar refractivity (Wildman–Crippen MR) is 84.3 cm³/mol. The van der Waals surface area contributed by atoms with Crippen LogP contribution in [0.3, 0.4) is 0 Å². The summed E-state index contributed by atoms with van der Waals surface area (Å²) >= 11 is 0. The molecule has 1 aromatic heterocycles. The Hall–Kier alpha value is -2.11. The molecule has 122 valence electrons. The molecule has 4 rings (SSSR count). The summed E-state index contributed by atoms with van der Waals surface area (Å²) in [5, 5.41) is 12.4. The SMILES string of the molecule is O=C(Nc1cc2c(cn1)CCC2)N1C[C@@H]2CCC[C@@]2(C(=O)O)C1. The zero-order valence-corrected chi connectivity index (χ0v) is 13.0. The molecule has 1 aliphatic heterocycles. The molecule has 2 amide bonds. The standard InChI is InChI=1S/C17H21N3O3/c21-15(22)17-6-2-5-13(17)9-20(10-17)16(23)19-14-7-11-3-1-4-12(11)8-18-14/h7-8,13H,1-6,9-10H2,(H,21,22)(H,18,19,23)/t13-,17+/m0/s1. The van der Waals surface area contributed by atoms with E-state index in [1.54, 1.807) is 4.90 Å². The van der Waals surface area contributed by atoms with Crippen molar-refractivity contribution >= 4 is 17.8 Å². The molecule has 2 atom stereocenters. The first-order chi connectivity index (χ1) is 11.1. The van der Waals surface area contributed by atoms with Gasteiger partial charge in [-0.15, -0.1) is 0 Å². The van der Waals surface area contributed by atoms with Crippen molar-refractivity contribution in [3.63, 3.8) is 0 Å². The minimum atomic E-state index is -0.758. The second-order valence-electron chi connectivity index (χ2n) is 7.05. The summed E-state index contributed by atoms with van der Waals surface area (Å²) in [5.41, 5.74) is 1.79. The molecule has 2 aliphatic carbocycles. The number of anilines is 1. The maximum atomic E-state index is 12.5. The first-order valence-corrected chi connectivity index (χ1v) is 8.36. The molecule has 3 aliphatic rings. The number of aryl methyl sites for hydroxylation is 2. The molecule has 0 unspecified atom stereocenters. The molecule has 0 radical (unpaired) electrons. The van der Waals surface area contributed by atoms with Gasteiger partial charge in [-0.3, -0.25) is 10.1 Å². The Bertz CT molecular complexity index is 675. The van der Waals surface area contributed by atoms with Crippen LogP contribution in [0, 0.1) is 11.3 Å². The third-order valence-corrected chi connectivity index (χ3v) is 5.79. The largest absolute Gasteiger partial charge is 0.481 e. The summed E-state index contributed by atoms with van der Waals surface area (Å²) < 4.78 is 0. The molecule has 2 N–H and O–H groups in total. The van der Waals surface area contributed by atoms with E-state index in [1.807, 2.05) is 12.3 Å². The van der Waals surface area contributed by atoms with E-state index in [1.165, 1.54) is 11.1 Å². The molecule has 0 spiro atoms. The summed E-state index contributed by atoms with van der Waals surface area (Å²) in [6.07, 6.45) is 7.60. The van der Waals surface area contributed by atoms with Gasteiger partial charge < -0.3 is 10.0 Å². The number of carboxylic acids is 1. The predicted octanol–water partition coefficient (Wildman–Crippen LogP) is 2.29. The zero-order valence-electron chi connectivity index (χ0n) is 13.0. The number of nitrogens with one attached hydrogen (secondary N) is 1. The number of hydrogen-bond acceptors (Lipinski definition) is 3. The number of likely N-dealkylation sites (tertiary alicyclic amines) is 1. The topological polar surface area (TPSA) is 82.5 Å². The van der Waals surface area contributed by atoms with Crippen molar-refractivity contribution in [2.24, 2.45) is 11.3 Å². The summed E-state index contributed by atoms with van der Waals surface area (Å²) in [6, 6.07) is 1.72. The Balaban J connectivity index is 1.47. The van der Waals surface area contributed by atoms with Gasteiger partial charge >= 0.3 is 12.0 Å². The average molecular weight is 315 g/mol. The first-order valence-electron chi connectivity index (χ1n) is 8.36. The maximum absolute atomic E-state index is 12.5. The summed E-state index contributed by atoms with van der Waals surface area (Å²) in [6.45, 7) is 0.840. The summed E-state index contributed by atoms with van der Waals surface area (Å²) in [5.74, 6) is -0.109. The fraction of sp³-hybridized carbons (Fsp3) is 0.588. The van der Waals surface area contributed by atoms with Crippen LogP contribution in [0.4, 0.5) is 10.6 Å². The number of carbonyl (C=O) groups excluding carboxylic acids is 1. The lowest BCUT2D eigenvalue weighted by atomic mass is 9.81. The molecule has 0 bridgehead atoms. The molecule has 6 nitrogen and oxygen atoms in total. The fourth-order valence-electron chi connectivity index (χ4n) is 4.50. The van der Waals surface area contributed by atoms with Crippen molar-refractivity contribution in [1.82, 2.24) is 9.88 Å². The number of amides is 2. The van der Waals surface area contributed by atoms with Crippen molar-refractivity contribution in [2.45, 2.75) is 38.5 Å². The van der Waals surface area contributed by atoms with Gasteiger partial charge in [0.25, 0.3) is 0 Å². The van der Waals surface area contributed by atoms with E-state index in [2.05, 4.69) is 10.3 Å². The monoisotopic (exact) mass is 315 g/mol. The third-order valence-electron chi connectivity index (χ3n) is 5.79. The number of aromatic nitrogens is 1. The average Bonchev–Trinajstić information content (AvgIpc) is 3.20. The second-order valence-corrected chi connectivity index (χ2v) is 7.05. The Labute approximate surface area is 134 Å². The van der Waals surface area contributed by atoms with Gasteiger partial charge in [0.15, 0.2) is 0 Å². The molecule has 1 saturated heterocycles. The third kappa shape index (κ3) is 2.28. The van der Waals surface area contributed by atoms with Crippen molar-refractivity contribution in [1.29, 1.82) is 0 Å². The maximum Gasteiger partial charge on any atom is 0.323 e. The number of rotatable bonds is 2. The number of carbonyl (C=O) groups is 2. The smallest absolute Gasteiger partial charge is 0.323 e. The van der Waals surface area contributed by atoms with Gasteiger partial charge in [0.05, 0.1) is 5.41 Å². The number of pyridine rings is 1. The van der Waals surface area contributed by atoms with Crippen LogP contribution in [0.5, 0.6) is 0 Å². The Morgan fingerprint density at radius 2 is 2.13 bits per heavy atom. The van der Waals surface area contributed by atoms with Gasteiger partial charge in [0.2, 0.25) is 0 Å². The highest BCUT2D eigenvalue weighted by molar-refractivity contribution is 5.90. The van der Waals surface area contributed by atoms with E-state index in [-0.39, 0.29) is 11.9 Å². The molecule has 1 saturated carbocycles. The lowest BCUT2D eigenvalue weighted by Crippen LogP contribution is -2.38. The molecule has 0 aromatic carbocycles. The lowest BCUT2D eigenvalue weighted by Gasteiger charge is -2.23. The Morgan fingerprint density at radius 3 is 2.91 bits per heavy atom. The van der Waals surface area contributed by atoms with E-state index in [9.17, 15) is 14.7 Å². The molecule has 2 fully saturated rings. The van der Waals surface area contributed by atoms with Crippen LogP contribution in [0.1, 0.15) is 36.8 Å². The van der Waals surface area contributed by atoms with Crippen molar-refractivity contribution in [3.05, 3.63) is 23.4 Å². The number of fused-ring (bicyclic) bond motifs is 2. The molecule has 23 heavy (non-hydrogen) atoms. The molecular formula is C17H21N3O3. The Kier molecular flexibility index (Phi) is 3.28.